The molecule has 3 rings (SSSR count). The Bertz CT molecular complexity index is 797. The van der Waals surface area contributed by atoms with Crippen molar-refractivity contribution in [3.05, 3.63) is 52.7 Å². The van der Waals surface area contributed by atoms with E-state index >= 15 is 0 Å². The van der Waals surface area contributed by atoms with E-state index in [1.54, 1.807) is 25.1 Å². The number of aromatic nitrogens is 1. The van der Waals surface area contributed by atoms with Crippen LogP contribution in [0.2, 0.25) is 0 Å². The van der Waals surface area contributed by atoms with Crippen molar-refractivity contribution in [2.24, 2.45) is 5.92 Å². The molecular formula is C19H22N4O3. The van der Waals surface area contributed by atoms with Gasteiger partial charge in [-0.15, -0.1) is 0 Å². The fourth-order valence-corrected chi connectivity index (χ4v) is 3.28. The number of piperidine rings is 1. The lowest BCUT2D eigenvalue weighted by atomic mass is 9.95. The number of benzene rings is 1. The summed E-state index contributed by atoms with van der Waals surface area (Å²) in [7, 11) is 3.60. The summed E-state index contributed by atoms with van der Waals surface area (Å²) >= 11 is 0. The minimum atomic E-state index is -0.452. The molecule has 2 heterocycles. The number of pyridine rings is 1. The summed E-state index contributed by atoms with van der Waals surface area (Å²) in [5.74, 6) is 0.300. The van der Waals surface area contributed by atoms with Crippen LogP contribution in [-0.2, 0) is 4.79 Å². The van der Waals surface area contributed by atoms with Crippen molar-refractivity contribution in [2.45, 2.75) is 12.8 Å². The molecule has 7 heteroatoms. The molecule has 7 nitrogen and oxygen atoms in total. The van der Waals surface area contributed by atoms with Crippen molar-refractivity contribution in [3.63, 3.8) is 0 Å². The minimum Gasteiger partial charge on any atom is -0.371 e. The monoisotopic (exact) mass is 354 g/mol. The first-order chi connectivity index (χ1) is 12.5. The predicted octanol–water partition coefficient (Wildman–Crippen LogP) is 2.96. The summed E-state index contributed by atoms with van der Waals surface area (Å²) < 4.78 is 0. The smallest absolute Gasteiger partial charge is 0.287 e. The van der Waals surface area contributed by atoms with Crippen LogP contribution in [-0.4, -0.2) is 47.9 Å². The fourth-order valence-electron chi connectivity index (χ4n) is 3.28. The third-order valence-electron chi connectivity index (χ3n) is 4.75. The van der Waals surface area contributed by atoms with Gasteiger partial charge in [-0.05, 0) is 31.0 Å². The fraction of sp³-hybridized carbons (Fsp3) is 0.368. The number of rotatable bonds is 4. The van der Waals surface area contributed by atoms with Gasteiger partial charge in [0.25, 0.3) is 5.69 Å². The molecule has 0 radical (unpaired) electrons. The normalized spacial score (nSPS) is 14.9. The SMILES string of the molecule is CN(C)C(=O)C1CCN(c2cccc(-c3ccc([N+](=O)[O-])cn3)c2)CC1. The van der Waals surface area contributed by atoms with Gasteiger partial charge in [-0.25, -0.2) is 4.98 Å². The van der Waals surface area contributed by atoms with Gasteiger partial charge in [-0.3, -0.25) is 14.9 Å². The number of amides is 1. The molecule has 2 aromatic rings. The molecule has 0 atom stereocenters. The lowest BCUT2D eigenvalue weighted by molar-refractivity contribution is -0.385. The second-order valence-corrected chi connectivity index (χ2v) is 6.70. The van der Waals surface area contributed by atoms with Gasteiger partial charge in [-0.1, -0.05) is 12.1 Å². The maximum absolute atomic E-state index is 12.1. The average molecular weight is 354 g/mol. The molecule has 1 amide bonds. The number of hydrogen-bond acceptors (Lipinski definition) is 5. The van der Waals surface area contributed by atoms with E-state index in [4.69, 9.17) is 0 Å². The van der Waals surface area contributed by atoms with Gasteiger partial charge >= 0.3 is 0 Å². The van der Waals surface area contributed by atoms with Gasteiger partial charge in [0.1, 0.15) is 6.20 Å². The number of anilines is 1. The van der Waals surface area contributed by atoms with Crippen molar-refractivity contribution < 1.29 is 9.72 Å². The zero-order valence-electron chi connectivity index (χ0n) is 15.0. The number of hydrogen-bond donors (Lipinski definition) is 0. The first-order valence-electron chi connectivity index (χ1n) is 8.62. The van der Waals surface area contributed by atoms with E-state index in [2.05, 4.69) is 9.88 Å². The third-order valence-corrected chi connectivity index (χ3v) is 4.75. The van der Waals surface area contributed by atoms with Crippen LogP contribution in [0.4, 0.5) is 11.4 Å². The number of carbonyl (C=O) groups is 1. The first-order valence-corrected chi connectivity index (χ1v) is 8.62. The zero-order chi connectivity index (χ0) is 18.7. The van der Waals surface area contributed by atoms with Crippen molar-refractivity contribution in [1.29, 1.82) is 0 Å². The standard InChI is InChI=1S/C19H22N4O3/c1-21(2)19(24)14-8-10-22(11-9-14)16-5-3-4-15(12-16)18-7-6-17(13-20-18)23(25)26/h3-7,12-14H,8-11H2,1-2H3. The lowest BCUT2D eigenvalue weighted by Crippen LogP contribution is -2.40. The van der Waals surface area contributed by atoms with E-state index in [9.17, 15) is 14.9 Å². The highest BCUT2D eigenvalue weighted by atomic mass is 16.6. The van der Waals surface area contributed by atoms with Gasteiger partial charge < -0.3 is 9.80 Å². The molecular weight excluding hydrogens is 332 g/mol. The first kappa shape index (κ1) is 17.8. The Morgan fingerprint density at radius 3 is 2.54 bits per heavy atom. The lowest BCUT2D eigenvalue weighted by Gasteiger charge is -2.34. The largest absolute Gasteiger partial charge is 0.371 e. The van der Waals surface area contributed by atoms with Crippen LogP contribution in [0, 0.1) is 16.0 Å². The quantitative estimate of drug-likeness (QED) is 0.623. The van der Waals surface area contributed by atoms with E-state index in [-0.39, 0.29) is 17.5 Å². The van der Waals surface area contributed by atoms with Crippen molar-refractivity contribution in [1.82, 2.24) is 9.88 Å². The summed E-state index contributed by atoms with van der Waals surface area (Å²) in [6.45, 7) is 1.67. The Balaban J connectivity index is 1.72. The summed E-state index contributed by atoms with van der Waals surface area (Å²) in [6.07, 6.45) is 2.97. The molecule has 0 bridgehead atoms. The Hall–Kier alpha value is -2.96. The van der Waals surface area contributed by atoms with Crippen LogP contribution >= 0.6 is 0 Å². The molecule has 1 aromatic heterocycles. The summed E-state index contributed by atoms with van der Waals surface area (Å²) in [5, 5.41) is 10.8. The van der Waals surface area contributed by atoms with Crippen LogP contribution in [0.15, 0.2) is 42.6 Å². The van der Waals surface area contributed by atoms with Crippen LogP contribution in [0.3, 0.4) is 0 Å². The Kier molecular flexibility index (Phi) is 5.16. The van der Waals surface area contributed by atoms with Crippen LogP contribution in [0.1, 0.15) is 12.8 Å². The Morgan fingerprint density at radius 1 is 1.23 bits per heavy atom. The molecule has 1 aliphatic heterocycles. The van der Waals surface area contributed by atoms with Gasteiger partial charge in [0, 0.05) is 50.4 Å². The van der Waals surface area contributed by atoms with Crippen LogP contribution in [0.25, 0.3) is 11.3 Å². The van der Waals surface area contributed by atoms with E-state index in [1.807, 2.05) is 24.3 Å². The Labute approximate surface area is 152 Å². The van der Waals surface area contributed by atoms with Gasteiger partial charge in [0.15, 0.2) is 0 Å². The molecule has 0 spiro atoms. The maximum atomic E-state index is 12.1. The molecule has 1 aliphatic rings. The Morgan fingerprint density at radius 2 is 1.96 bits per heavy atom. The highest BCUT2D eigenvalue weighted by Crippen LogP contribution is 2.28. The van der Waals surface area contributed by atoms with Crippen LogP contribution < -0.4 is 4.90 Å². The molecule has 26 heavy (non-hydrogen) atoms. The average Bonchev–Trinajstić information content (AvgIpc) is 2.67. The summed E-state index contributed by atoms with van der Waals surface area (Å²) in [4.78, 5) is 30.6. The summed E-state index contributed by atoms with van der Waals surface area (Å²) in [5.41, 5.74) is 2.69. The zero-order valence-corrected chi connectivity index (χ0v) is 15.0. The van der Waals surface area contributed by atoms with Crippen molar-refractivity contribution >= 4 is 17.3 Å². The molecule has 1 saturated heterocycles. The highest BCUT2D eigenvalue weighted by molar-refractivity contribution is 5.78. The van der Waals surface area contributed by atoms with E-state index in [0.717, 1.165) is 37.2 Å². The number of nitrogens with zero attached hydrogens (tertiary/aromatic N) is 4. The minimum absolute atomic E-state index is 0.0162. The molecule has 1 aromatic carbocycles. The molecule has 0 N–H and O–H groups in total. The third kappa shape index (κ3) is 3.82. The van der Waals surface area contributed by atoms with Crippen molar-refractivity contribution in [2.75, 3.05) is 32.1 Å². The van der Waals surface area contributed by atoms with Gasteiger partial charge in [-0.2, -0.15) is 0 Å². The molecule has 0 aliphatic carbocycles. The summed E-state index contributed by atoms with van der Waals surface area (Å²) in [6, 6.07) is 11.1. The van der Waals surface area contributed by atoms with E-state index < -0.39 is 4.92 Å². The second-order valence-electron chi connectivity index (χ2n) is 6.70. The topological polar surface area (TPSA) is 79.6 Å². The molecule has 136 valence electrons. The second kappa shape index (κ2) is 7.51. The maximum Gasteiger partial charge on any atom is 0.287 e. The molecule has 0 unspecified atom stereocenters. The van der Waals surface area contributed by atoms with E-state index in [1.165, 1.54) is 12.3 Å². The van der Waals surface area contributed by atoms with Gasteiger partial charge in [0.2, 0.25) is 5.91 Å². The number of carbonyl (C=O) groups excluding carboxylic acids is 1. The number of nitro groups is 1. The van der Waals surface area contributed by atoms with Gasteiger partial charge in [0.05, 0.1) is 10.6 Å². The van der Waals surface area contributed by atoms with E-state index in [0.29, 0.717) is 5.69 Å². The predicted molar refractivity (Wildman–Crippen MR) is 100.0 cm³/mol. The molecule has 1 fully saturated rings. The molecule has 0 saturated carbocycles. The van der Waals surface area contributed by atoms with Crippen LogP contribution in [0.5, 0.6) is 0 Å². The highest BCUT2D eigenvalue weighted by Gasteiger charge is 2.26. The van der Waals surface area contributed by atoms with Crippen molar-refractivity contribution in [3.8, 4) is 11.3 Å².